The van der Waals surface area contributed by atoms with E-state index in [0.29, 0.717) is 18.7 Å². The van der Waals surface area contributed by atoms with E-state index >= 15 is 0 Å². The molecule has 0 unspecified atom stereocenters. The molecule has 0 aliphatic carbocycles. The predicted molar refractivity (Wildman–Crippen MR) is 75.3 cm³/mol. The monoisotopic (exact) mass is 272 g/mol. The number of fused-ring (bicyclic) bond motifs is 1. The van der Waals surface area contributed by atoms with Crippen LogP contribution in [0.15, 0.2) is 48.7 Å². The van der Waals surface area contributed by atoms with Gasteiger partial charge < -0.3 is 10.3 Å². The molecule has 0 saturated heterocycles. The van der Waals surface area contributed by atoms with Crippen molar-refractivity contribution in [1.29, 1.82) is 0 Å². The van der Waals surface area contributed by atoms with Crippen molar-refractivity contribution in [3.63, 3.8) is 0 Å². The first-order chi connectivity index (χ1) is 9.69. The zero-order valence-corrected chi connectivity index (χ0v) is 10.8. The van der Waals surface area contributed by atoms with E-state index in [-0.39, 0.29) is 0 Å². The van der Waals surface area contributed by atoms with E-state index in [1.165, 1.54) is 12.1 Å². The molecule has 0 atom stereocenters. The highest BCUT2D eigenvalue weighted by atomic mass is 19.1. The first-order valence-corrected chi connectivity index (χ1v) is 6.40. The van der Waals surface area contributed by atoms with Crippen molar-refractivity contribution in [2.45, 2.75) is 13.1 Å². The van der Waals surface area contributed by atoms with Crippen molar-refractivity contribution in [3.05, 3.63) is 71.4 Å². The first kappa shape index (κ1) is 12.8. The lowest BCUT2D eigenvalue weighted by atomic mass is 10.1. The summed E-state index contributed by atoms with van der Waals surface area (Å²) < 4.78 is 28.6. The van der Waals surface area contributed by atoms with E-state index in [4.69, 9.17) is 5.73 Å². The molecular weight excluding hydrogens is 258 g/mol. The van der Waals surface area contributed by atoms with E-state index in [2.05, 4.69) is 0 Å². The van der Waals surface area contributed by atoms with Gasteiger partial charge in [0, 0.05) is 35.3 Å². The van der Waals surface area contributed by atoms with E-state index < -0.39 is 11.6 Å². The van der Waals surface area contributed by atoms with Crippen molar-refractivity contribution in [3.8, 4) is 0 Å². The van der Waals surface area contributed by atoms with Crippen LogP contribution in [0.25, 0.3) is 10.9 Å². The third-order valence-electron chi connectivity index (χ3n) is 3.48. The Kier molecular flexibility index (Phi) is 3.24. The van der Waals surface area contributed by atoms with E-state index in [9.17, 15) is 8.78 Å². The standard InChI is InChI=1S/C16H14F2N2/c17-13-5-4-12(15(18)8-13)10-20-7-6-14-11(9-19)2-1-3-16(14)20/h1-8H,9-10,19H2. The highest BCUT2D eigenvalue weighted by Gasteiger charge is 2.08. The number of hydrogen-bond acceptors (Lipinski definition) is 1. The lowest BCUT2D eigenvalue weighted by Gasteiger charge is -2.08. The van der Waals surface area contributed by atoms with E-state index in [1.807, 2.05) is 35.0 Å². The summed E-state index contributed by atoms with van der Waals surface area (Å²) in [4.78, 5) is 0. The minimum atomic E-state index is -0.561. The average Bonchev–Trinajstić information content (AvgIpc) is 2.85. The summed E-state index contributed by atoms with van der Waals surface area (Å²) in [6.07, 6.45) is 1.90. The van der Waals surface area contributed by atoms with Gasteiger partial charge in [-0.3, -0.25) is 0 Å². The van der Waals surface area contributed by atoms with E-state index in [0.717, 1.165) is 22.5 Å². The average molecular weight is 272 g/mol. The van der Waals surface area contributed by atoms with Crippen LogP contribution in [0.3, 0.4) is 0 Å². The molecule has 0 amide bonds. The molecule has 102 valence electrons. The Hall–Kier alpha value is -2.20. The number of halogens is 2. The highest BCUT2D eigenvalue weighted by Crippen LogP contribution is 2.22. The van der Waals surface area contributed by atoms with Crippen molar-refractivity contribution >= 4 is 10.9 Å². The number of nitrogens with two attached hydrogens (primary N) is 1. The molecule has 0 radical (unpaired) electrons. The van der Waals surface area contributed by atoms with Gasteiger partial charge >= 0.3 is 0 Å². The maximum Gasteiger partial charge on any atom is 0.131 e. The summed E-state index contributed by atoms with van der Waals surface area (Å²) in [5, 5.41) is 1.07. The molecule has 0 aliphatic rings. The summed E-state index contributed by atoms with van der Waals surface area (Å²) in [6, 6.07) is 11.5. The Morgan fingerprint density at radius 2 is 1.85 bits per heavy atom. The zero-order chi connectivity index (χ0) is 14.1. The fourth-order valence-electron chi connectivity index (χ4n) is 2.44. The van der Waals surface area contributed by atoms with Gasteiger partial charge in [0.25, 0.3) is 0 Å². The predicted octanol–water partition coefficient (Wildman–Crippen LogP) is 3.43. The van der Waals surface area contributed by atoms with Crippen molar-refractivity contribution < 1.29 is 8.78 Å². The largest absolute Gasteiger partial charge is 0.343 e. The summed E-state index contributed by atoms with van der Waals surface area (Å²) in [6.45, 7) is 0.829. The van der Waals surface area contributed by atoms with Crippen molar-refractivity contribution in [2.75, 3.05) is 0 Å². The van der Waals surface area contributed by atoms with Crippen LogP contribution in [-0.4, -0.2) is 4.57 Å². The fraction of sp³-hybridized carbons (Fsp3) is 0.125. The van der Waals surface area contributed by atoms with Crippen molar-refractivity contribution in [2.24, 2.45) is 5.73 Å². The Morgan fingerprint density at radius 1 is 1.00 bits per heavy atom. The third-order valence-corrected chi connectivity index (χ3v) is 3.48. The maximum absolute atomic E-state index is 13.7. The summed E-state index contributed by atoms with van der Waals surface area (Å²) in [5.74, 6) is -1.09. The second-order valence-corrected chi connectivity index (χ2v) is 4.73. The Balaban J connectivity index is 2.03. The molecule has 0 fully saturated rings. The van der Waals surface area contributed by atoms with Gasteiger partial charge in [0.2, 0.25) is 0 Å². The molecule has 4 heteroatoms. The highest BCUT2D eigenvalue weighted by molar-refractivity contribution is 5.83. The third kappa shape index (κ3) is 2.18. The molecule has 0 spiro atoms. The topological polar surface area (TPSA) is 30.9 Å². The molecule has 3 aromatic rings. The quantitative estimate of drug-likeness (QED) is 0.778. The van der Waals surface area contributed by atoms with Gasteiger partial charge in [0.15, 0.2) is 0 Å². The first-order valence-electron chi connectivity index (χ1n) is 6.40. The summed E-state index contributed by atoms with van der Waals surface area (Å²) in [5.41, 5.74) is 8.22. The molecule has 2 aromatic carbocycles. The molecule has 0 saturated carbocycles. The van der Waals surface area contributed by atoms with Gasteiger partial charge in [0.1, 0.15) is 11.6 Å². The number of hydrogen-bond donors (Lipinski definition) is 1. The minimum Gasteiger partial charge on any atom is -0.343 e. The fourth-order valence-corrected chi connectivity index (χ4v) is 2.44. The van der Waals surface area contributed by atoms with Crippen LogP contribution in [0, 0.1) is 11.6 Å². The van der Waals surface area contributed by atoms with Gasteiger partial charge in [-0.25, -0.2) is 8.78 Å². The molecule has 0 bridgehead atoms. The van der Waals surface area contributed by atoms with Crippen LogP contribution in [0.4, 0.5) is 8.78 Å². The molecule has 2 N–H and O–H groups in total. The van der Waals surface area contributed by atoms with Crippen molar-refractivity contribution in [1.82, 2.24) is 4.57 Å². The summed E-state index contributed by atoms with van der Waals surface area (Å²) in [7, 11) is 0. The lowest BCUT2D eigenvalue weighted by Crippen LogP contribution is -2.02. The van der Waals surface area contributed by atoms with Gasteiger partial charge in [-0.1, -0.05) is 18.2 Å². The number of nitrogens with zero attached hydrogens (tertiary/aromatic N) is 1. The van der Waals surface area contributed by atoms with Crippen LogP contribution < -0.4 is 5.73 Å². The number of aromatic nitrogens is 1. The molecule has 20 heavy (non-hydrogen) atoms. The SMILES string of the molecule is NCc1cccc2c1ccn2Cc1ccc(F)cc1F. The second kappa shape index (κ2) is 5.06. The van der Waals surface area contributed by atoms with Crippen LogP contribution in [0.1, 0.15) is 11.1 Å². The van der Waals surface area contributed by atoms with Gasteiger partial charge in [-0.05, 0) is 23.8 Å². The van der Waals surface area contributed by atoms with E-state index in [1.54, 1.807) is 0 Å². The lowest BCUT2D eigenvalue weighted by molar-refractivity contribution is 0.567. The molecule has 2 nitrogen and oxygen atoms in total. The molecule has 1 heterocycles. The molecular formula is C16H14F2N2. The second-order valence-electron chi connectivity index (χ2n) is 4.73. The smallest absolute Gasteiger partial charge is 0.131 e. The number of benzene rings is 2. The van der Waals surface area contributed by atoms with Crippen LogP contribution >= 0.6 is 0 Å². The molecule has 1 aromatic heterocycles. The van der Waals surface area contributed by atoms with Crippen LogP contribution in [0.2, 0.25) is 0 Å². The molecule has 0 aliphatic heterocycles. The Morgan fingerprint density at radius 3 is 2.60 bits per heavy atom. The Bertz CT molecular complexity index is 762. The zero-order valence-electron chi connectivity index (χ0n) is 10.8. The normalized spacial score (nSPS) is 11.2. The van der Waals surface area contributed by atoms with Gasteiger partial charge in [-0.2, -0.15) is 0 Å². The van der Waals surface area contributed by atoms with Gasteiger partial charge in [0.05, 0.1) is 6.54 Å². The minimum absolute atomic E-state index is 0.365. The van der Waals surface area contributed by atoms with Crippen LogP contribution in [0.5, 0.6) is 0 Å². The number of rotatable bonds is 3. The van der Waals surface area contributed by atoms with Gasteiger partial charge in [-0.15, -0.1) is 0 Å². The summed E-state index contributed by atoms with van der Waals surface area (Å²) >= 11 is 0. The maximum atomic E-state index is 13.7. The van der Waals surface area contributed by atoms with Crippen LogP contribution in [-0.2, 0) is 13.1 Å². The Labute approximate surface area is 115 Å². The molecule has 3 rings (SSSR count).